The second-order valence-electron chi connectivity index (χ2n) is 6.91. The maximum absolute atomic E-state index is 11.4. The van der Waals surface area contributed by atoms with Crippen molar-refractivity contribution in [3.63, 3.8) is 0 Å². The van der Waals surface area contributed by atoms with Gasteiger partial charge in [-0.05, 0) is 30.5 Å². The first kappa shape index (κ1) is 20.4. The highest BCUT2D eigenvalue weighted by atomic mass is 16.5. The van der Waals surface area contributed by atoms with Crippen molar-refractivity contribution in [2.24, 2.45) is 17.8 Å². The van der Waals surface area contributed by atoms with Gasteiger partial charge in [0, 0.05) is 37.4 Å². The third-order valence-corrected chi connectivity index (χ3v) is 4.13. The zero-order valence-electron chi connectivity index (χ0n) is 15.2. The number of Topliss-reactive ketones (excluding diaryl/α,β-unsaturated/α-hetero) is 2. The molecule has 1 aliphatic heterocycles. The highest BCUT2D eigenvalue weighted by molar-refractivity contribution is 5.83. The lowest BCUT2D eigenvalue weighted by molar-refractivity contribution is -0.128. The molecule has 1 N–H and O–H groups in total. The number of carbonyl (C=O) groups excluding carboxylic acids is 2. The van der Waals surface area contributed by atoms with E-state index in [1.807, 2.05) is 33.8 Å². The van der Waals surface area contributed by atoms with Crippen molar-refractivity contribution in [2.45, 2.75) is 47.0 Å². The number of phenols is 1. The molecule has 4 heteroatoms. The van der Waals surface area contributed by atoms with Crippen LogP contribution in [0.3, 0.4) is 0 Å². The smallest absolute Gasteiger partial charge is 0.139 e. The molecular weight excluding hydrogens is 304 g/mol. The van der Waals surface area contributed by atoms with Crippen molar-refractivity contribution in [3.8, 4) is 5.75 Å². The Balaban J connectivity index is 0.000000243. The maximum Gasteiger partial charge on any atom is 0.139 e. The first-order chi connectivity index (χ1) is 11.3. The monoisotopic (exact) mass is 334 g/mol. The van der Waals surface area contributed by atoms with Gasteiger partial charge in [0.1, 0.15) is 17.3 Å². The lowest BCUT2D eigenvalue weighted by atomic mass is 9.89. The molecule has 0 saturated carbocycles. The van der Waals surface area contributed by atoms with Gasteiger partial charge >= 0.3 is 0 Å². The summed E-state index contributed by atoms with van der Waals surface area (Å²) in [5, 5.41) is 9.15. The molecule has 0 bridgehead atoms. The molecule has 24 heavy (non-hydrogen) atoms. The fraction of sp³-hybridized carbons (Fsp3) is 0.600. The third kappa shape index (κ3) is 7.26. The summed E-state index contributed by atoms with van der Waals surface area (Å²) < 4.78 is 5.18. The Morgan fingerprint density at radius 2 is 1.75 bits per heavy atom. The highest BCUT2D eigenvalue weighted by Crippen LogP contribution is 2.19. The van der Waals surface area contributed by atoms with Crippen molar-refractivity contribution in [1.82, 2.24) is 0 Å². The van der Waals surface area contributed by atoms with Crippen molar-refractivity contribution in [3.05, 3.63) is 29.8 Å². The largest absolute Gasteiger partial charge is 0.508 e. The molecule has 1 aromatic carbocycles. The molecule has 0 aromatic heterocycles. The summed E-state index contributed by atoms with van der Waals surface area (Å²) in [5.74, 6) is 1.36. The van der Waals surface area contributed by atoms with Gasteiger partial charge in [-0.2, -0.15) is 0 Å². The van der Waals surface area contributed by atoms with E-state index in [-0.39, 0.29) is 29.3 Å². The topological polar surface area (TPSA) is 63.6 Å². The first-order valence-corrected chi connectivity index (χ1v) is 8.73. The molecule has 2 rings (SSSR count). The predicted molar refractivity (Wildman–Crippen MR) is 95.0 cm³/mol. The molecule has 0 aliphatic carbocycles. The summed E-state index contributed by atoms with van der Waals surface area (Å²) in [6.45, 7) is 9.23. The maximum atomic E-state index is 11.4. The zero-order valence-corrected chi connectivity index (χ0v) is 15.2. The second-order valence-corrected chi connectivity index (χ2v) is 6.91. The average molecular weight is 334 g/mol. The third-order valence-electron chi connectivity index (χ3n) is 4.13. The van der Waals surface area contributed by atoms with E-state index in [4.69, 9.17) is 9.84 Å². The van der Waals surface area contributed by atoms with Gasteiger partial charge in [0.2, 0.25) is 0 Å². The Hall–Kier alpha value is -1.68. The highest BCUT2D eigenvalue weighted by Gasteiger charge is 2.23. The molecule has 0 unspecified atom stereocenters. The summed E-state index contributed by atoms with van der Waals surface area (Å²) in [4.78, 5) is 22.8. The average Bonchev–Trinajstić information content (AvgIpc) is 2.55. The normalized spacial score (nSPS) is 15.1. The Morgan fingerprint density at radius 3 is 2.25 bits per heavy atom. The minimum Gasteiger partial charge on any atom is -0.508 e. The molecule has 0 atom stereocenters. The van der Waals surface area contributed by atoms with Gasteiger partial charge < -0.3 is 9.84 Å². The van der Waals surface area contributed by atoms with Gasteiger partial charge in [0.25, 0.3) is 0 Å². The summed E-state index contributed by atoms with van der Waals surface area (Å²) >= 11 is 0. The molecule has 0 spiro atoms. The number of rotatable bonds is 5. The van der Waals surface area contributed by atoms with Crippen molar-refractivity contribution in [1.29, 1.82) is 0 Å². The minimum atomic E-state index is 0.0577. The van der Waals surface area contributed by atoms with Crippen LogP contribution in [-0.2, 0) is 20.7 Å². The fourth-order valence-electron chi connectivity index (χ4n) is 2.53. The van der Waals surface area contributed by atoms with Gasteiger partial charge in [-0.25, -0.2) is 0 Å². The number of hydrogen-bond donors (Lipinski definition) is 1. The van der Waals surface area contributed by atoms with Crippen LogP contribution in [-0.4, -0.2) is 29.9 Å². The summed E-state index contributed by atoms with van der Waals surface area (Å²) in [6, 6.07) is 6.82. The number of phenolic OH excluding ortho intramolecular Hbond substituents is 1. The van der Waals surface area contributed by atoms with E-state index in [1.54, 1.807) is 18.2 Å². The van der Waals surface area contributed by atoms with E-state index in [0.29, 0.717) is 12.2 Å². The van der Waals surface area contributed by atoms with Crippen LogP contribution in [0.4, 0.5) is 0 Å². The van der Waals surface area contributed by atoms with Gasteiger partial charge in [-0.3, -0.25) is 9.59 Å². The van der Waals surface area contributed by atoms with Crippen LogP contribution in [0.5, 0.6) is 5.75 Å². The zero-order chi connectivity index (χ0) is 18.1. The van der Waals surface area contributed by atoms with E-state index in [9.17, 15) is 9.59 Å². The van der Waals surface area contributed by atoms with Crippen LogP contribution in [0.15, 0.2) is 24.3 Å². The van der Waals surface area contributed by atoms with Crippen LogP contribution in [0, 0.1) is 17.8 Å². The molecule has 1 aliphatic rings. The Bertz CT molecular complexity index is 528. The quantitative estimate of drug-likeness (QED) is 0.889. The molecule has 0 radical (unpaired) electrons. The number of benzene rings is 1. The molecular formula is C20H30O4. The summed E-state index contributed by atoms with van der Waals surface area (Å²) in [6.07, 6.45) is 2.26. The fourth-order valence-corrected chi connectivity index (χ4v) is 2.53. The molecule has 4 nitrogen and oxygen atoms in total. The van der Waals surface area contributed by atoms with Gasteiger partial charge in [-0.15, -0.1) is 0 Å². The summed E-state index contributed by atoms with van der Waals surface area (Å²) in [7, 11) is 0. The molecule has 0 amide bonds. The van der Waals surface area contributed by atoms with Gasteiger partial charge in [0.05, 0.1) is 0 Å². The van der Waals surface area contributed by atoms with E-state index in [0.717, 1.165) is 31.6 Å². The van der Waals surface area contributed by atoms with Crippen molar-refractivity contribution < 1.29 is 19.4 Å². The van der Waals surface area contributed by atoms with Crippen LogP contribution in [0.25, 0.3) is 0 Å². The standard InChI is InChI=1S/C11H14O2.C9H16O2/c1-8(2)11(13)7-9-4-3-5-10(12)6-9;1-7(2)9(10)8-3-5-11-6-4-8/h3-6,8,12H,7H2,1-2H3;7-8H,3-6H2,1-2H3. The Morgan fingerprint density at radius 1 is 1.12 bits per heavy atom. The molecule has 134 valence electrons. The first-order valence-electron chi connectivity index (χ1n) is 8.73. The Labute approximate surface area is 145 Å². The van der Waals surface area contributed by atoms with Gasteiger partial charge in [-0.1, -0.05) is 39.8 Å². The van der Waals surface area contributed by atoms with Gasteiger partial charge in [0.15, 0.2) is 0 Å². The van der Waals surface area contributed by atoms with Crippen LogP contribution >= 0.6 is 0 Å². The molecule has 1 fully saturated rings. The number of carbonyl (C=O) groups is 2. The molecule has 1 aromatic rings. The predicted octanol–water partition coefficient (Wildman–Crippen LogP) is 3.80. The lowest BCUT2D eigenvalue weighted by Crippen LogP contribution is -2.26. The second kappa shape index (κ2) is 10.2. The number of ketones is 2. The van der Waals surface area contributed by atoms with E-state index in [2.05, 4.69) is 0 Å². The lowest BCUT2D eigenvalue weighted by Gasteiger charge is -2.22. The number of hydrogen-bond acceptors (Lipinski definition) is 4. The van der Waals surface area contributed by atoms with Crippen molar-refractivity contribution >= 4 is 11.6 Å². The summed E-state index contributed by atoms with van der Waals surface area (Å²) in [5.41, 5.74) is 0.874. The van der Waals surface area contributed by atoms with Crippen LogP contribution in [0.2, 0.25) is 0 Å². The Kier molecular flexibility index (Phi) is 8.69. The SMILES string of the molecule is CC(C)C(=O)C1CCOCC1.CC(C)C(=O)Cc1cccc(O)c1. The minimum absolute atomic E-state index is 0.0577. The van der Waals surface area contributed by atoms with Crippen LogP contribution in [0.1, 0.15) is 46.1 Å². The number of aromatic hydroxyl groups is 1. The van der Waals surface area contributed by atoms with E-state index < -0.39 is 0 Å². The van der Waals surface area contributed by atoms with E-state index in [1.165, 1.54) is 0 Å². The number of ether oxygens (including phenoxy) is 1. The van der Waals surface area contributed by atoms with Crippen LogP contribution < -0.4 is 0 Å². The molecule has 1 heterocycles. The van der Waals surface area contributed by atoms with E-state index >= 15 is 0 Å². The van der Waals surface area contributed by atoms with Crippen molar-refractivity contribution in [2.75, 3.05) is 13.2 Å². The molecule has 1 saturated heterocycles.